The predicted molar refractivity (Wildman–Crippen MR) is 54.4 cm³/mol. The molecule has 4 atom stereocenters. The number of hydrogen-bond donors (Lipinski definition) is 0. The van der Waals surface area contributed by atoms with Gasteiger partial charge in [0.05, 0.1) is 0 Å². The molecule has 2 bridgehead atoms. The molecule has 72 valence electrons. The van der Waals surface area contributed by atoms with Crippen LogP contribution in [0.15, 0.2) is 24.3 Å². The van der Waals surface area contributed by atoms with Crippen LogP contribution in [0.5, 0.6) is 5.75 Å². The molecule has 1 aliphatic heterocycles. The SMILES string of the molecule is c1ccc2c(c1)O[C@H]1[C@@H]3CC[C@@H](C3)[C@@H]21. The summed E-state index contributed by atoms with van der Waals surface area (Å²) in [5.41, 5.74) is 1.49. The Morgan fingerprint density at radius 1 is 1.07 bits per heavy atom. The van der Waals surface area contributed by atoms with Gasteiger partial charge in [0.25, 0.3) is 0 Å². The fourth-order valence-electron chi connectivity index (χ4n) is 3.85. The molecule has 0 unspecified atom stereocenters. The van der Waals surface area contributed by atoms with Crippen LogP contribution in [0.25, 0.3) is 0 Å². The summed E-state index contributed by atoms with van der Waals surface area (Å²) in [6.45, 7) is 0. The lowest BCUT2D eigenvalue weighted by Crippen LogP contribution is -2.25. The first-order chi connectivity index (χ1) is 6.93. The molecule has 1 aromatic rings. The molecule has 1 heterocycles. The van der Waals surface area contributed by atoms with E-state index in [4.69, 9.17) is 4.74 Å². The van der Waals surface area contributed by atoms with Crippen LogP contribution in [-0.4, -0.2) is 6.10 Å². The van der Waals surface area contributed by atoms with Crippen molar-refractivity contribution in [3.05, 3.63) is 29.8 Å². The summed E-state index contributed by atoms with van der Waals surface area (Å²) in [5, 5.41) is 0. The number of hydrogen-bond acceptors (Lipinski definition) is 1. The standard InChI is InChI=1S/C13H14O/c1-2-4-11-10(3-1)12-8-5-6-9(7-8)13(12)14-11/h1-4,8-9,12-13H,5-7H2/t8-,9+,12-,13-/m0/s1. The van der Waals surface area contributed by atoms with E-state index in [1.807, 2.05) is 0 Å². The minimum atomic E-state index is 0.533. The molecular weight excluding hydrogens is 172 g/mol. The molecule has 1 nitrogen and oxygen atoms in total. The van der Waals surface area contributed by atoms with Crippen molar-refractivity contribution in [3.8, 4) is 5.75 Å². The van der Waals surface area contributed by atoms with Crippen molar-refractivity contribution in [2.45, 2.75) is 31.3 Å². The van der Waals surface area contributed by atoms with Gasteiger partial charge in [0.1, 0.15) is 11.9 Å². The molecule has 1 aromatic carbocycles. The number of benzene rings is 1. The minimum Gasteiger partial charge on any atom is -0.489 e. The quantitative estimate of drug-likeness (QED) is 0.605. The second-order valence-corrected chi connectivity index (χ2v) is 4.98. The highest BCUT2D eigenvalue weighted by Gasteiger charge is 2.53. The van der Waals surface area contributed by atoms with E-state index in [9.17, 15) is 0 Å². The first-order valence-corrected chi connectivity index (χ1v) is 5.69. The molecule has 0 aromatic heterocycles. The van der Waals surface area contributed by atoms with E-state index >= 15 is 0 Å². The summed E-state index contributed by atoms with van der Waals surface area (Å²) in [4.78, 5) is 0. The maximum atomic E-state index is 6.06. The third kappa shape index (κ3) is 0.727. The van der Waals surface area contributed by atoms with Crippen LogP contribution in [0.1, 0.15) is 30.7 Å². The zero-order chi connectivity index (χ0) is 9.12. The third-order valence-corrected chi connectivity index (χ3v) is 4.38. The highest BCUT2D eigenvalue weighted by molar-refractivity contribution is 5.43. The maximum Gasteiger partial charge on any atom is 0.123 e. The van der Waals surface area contributed by atoms with Gasteiger partial charge in [0, 0.05) is 11.5 Å². The average Bonchev–Trinajstić information content (AvgIpc) is 2.88. The molecule has 2 fully saturated rings. The zero-order valence-corrected chi connectivity index (χ0v) is 8.15. The van der Waals surface area contributed by atoms with Gasteiger partial charge in [-0.3, -0.25) is 0 Å². The Morgan fingerprint density at radius 2 is 1.93 bits per heavy atom. The molecule has 0 spiro atoms. The van der Waals surface area contributed by atoms with E-state index in [1.54, 1.807) is 0 Å². The monoisotopic (exact) mass is 186 g/mol. The van der Waals surface area contributed by atoms with Crippen LogP contribution in [0, 0.1) is 11.8 Å². The maximum absolute atomic E-state index is 6.06. The van der Waals surface area contributed by atoms with Gasteiger partial charge >= 0.3 is 0 Å². The Balaban J connectivity index is 1.86. The fraction of sp³-hybridized carbons (Fsp3) is 0.538. The van der Waals surface area contributed by atoms with Crippen LogP contribution in [0.2, 0.25) is 0 Å². The third-order valence-electron chi connectivity index (χ3n) is 4.38. The lowest BCUT2D eigenvalue weighted by atomic mass is 9.83. The molecule has 2 saturated carbocycles. The highest BCUT2D eigenvalue weighted by atomic mass is 16.5. The Hall–Kier alpha value is -0.980. The van der Waals surface area contributed by atoms with Gasteiger partial charge in [-0.15, -0.1) is 0 Å². The normalized spacial score (nSPS) is 42.0. The highest BCUT2D eigenvalue weighted by Crippen LogP contribution is 2.59. The summed E-state index contributed by atoms with van der Waals surface area (Å²) >= 11 is 0. The Kier molecular flexibility index (Phi) is 1.22. The van der Waals surface area contributed by atoms with Crippen LogP contribution < -0.4 is 4.74 Å². The van der Waals surface area contributed by atoms with Crippen LogP contribution in [0.3, 0.4) is 0 Å². The molecule has 4 rings (SSSR count). The van der Waals surface area contributed by atoms with Crippen molar-refractivity contribution in [1.82, 2.24) is 0 Å². The van der Waals surface area contributed by atoms with Gasteiger partial charge in [0.15, 0.2) is 0 Å². The summed E-state index contributed by atoms with van der Waals surface area (Å²) in [6, 6.07) is 8.63. The van der Waals surface area contributed by atoms with E-state index in [2.05, 4.69) is 24.3 Å². The van der Waals surface area contributed by atoms with E-state index in [0.717, 1.165) is 17.8 Å². The van der Waals surface area contributed by atoms with Gasteiger partial charge in [-0.05, 0) is 37.2 Å². The molecule has 0 saturated heterocycles. The molecule has 2 aliphatic carbocycles. The first kappa shape index (κ1) is 7.33. The molecule has 14 heavy (non-hydrogen) atoms. The van der Waals surface area contributed by atoms with Crippen molar-refractivity contribution < 1.29 is 4.74 Å². The molecule has 1 heteroatoms. The van der Waals surface area contributed by atoms with E-state index in [0.29, 0.717) is 6.10 Å². The topological polar surface area (TPSA) is 9.23 Å². The molecular formula is C13H14O. The predicted octanol–water partition coefficient (Wildman–Crippen LogP) is 2.96. The summed E-state index contributed by atoms with van der Waals surface area (Å²) in [5.74, 6) is 3.69. The summed E-state index contributed by atoms with van der Waals surface area (Å²) in [6.07, 6.45) is 4.79. The average molecular weight is 186 g/mol. The largest absolute Gasteiger partial charge is 0.489 e. The summed E-state index contributed by atoms with van der Waals surface area (Å²) < 4.78 is 6.06. The van der Waals surface area contributed by atoms with E-state index in [-0.39, 0.29) is 0 Å². The van der Waals surface area contributed by atoms with Gasteiger partial charge in [0.2, 0.25) is 0 Å². The number of para-hydroxylation sites is 1. The second kappa shape index (κ2) is 2.33. The molecule has 0 N–H and O–H groups in total. The Bertz CT molecular complexity index is 385. The van der Waals surface area contributed by atoms with Crippen molar-refractivity contribution in [1.29, 1.82) is 0 Å². The fourth-order valence-corrected chi connectivity index (χ4v) is 3.85. The van der Waals surface area contributed by atoms with Gasteiger partial charge in [-0.25, -0.2) is 0 Å². The lowest BCUT2D eigenvalue weighted by molar-refractivity contribution is 0.148. The van der Waals surface area contributed by atoms with Crippen molar-refractivity contribution >= 4 is 0 Å². The van der Waals surface area contributed by atoms with Gasteiger partial charge < -0.3 is 4.74 Å². The number of ether oxygens (including phenoxy) is 1. The first-order valence-electron chi connectivity index (χ1n) is 5.69. The molecule has 0 radical (unpaired) electrons. The van der Waals surface area contributed by atoms with Crippen molar-refractivity contribution in [2.24, 2.45) is 11.8 Å². The summed E-state index contributed by atoms with van der Waals surface area (Å²) in [7, 11) is 0. The zero-order valence-electron chi connectivity index (χ0n) is 8.15. The van der Waals surface area contributed by atoms with Crippen LogP contribution in [0.4, 0.5) is 0 Å². The lowest BCUT2D eigenvalue weighted by Gasteiger charge is -2.23. The van der Waals surface area contributed by atoms with Gasteiger partial charge in [-0.2, -0.15) is 0 Å². The molecule has 0 amide bonds. The Morgan fingerprint density at radius 3 is 2.93 bits per heavy atom. The van der Waals surface area contributed by atoms with Gasteiger partial charge in [-0.1, -0.05) is 18.2 Å². The minimum absolute atomic E-state index is 0.533. The second-order valence-electron chi connectivity index (χ2n) is 4.98. The number of rotatable bonds is 0. The molecule has 3 aliphatic rings. The van der Waals surface area contributed by atoms with Crippen LogP contribution >= 0.6 is 0 Å². The van der Waals surface area contributed by atoms with Crippen LogP contribution in [-0.2, 0) is 0 Å². The van der Waals surface area contributed by atoms with E-state index < -0.39 is 0 Å². The van der Waals surface area contributed by atoms with Crippen molar-refractivity contribution in [3.63, 3.8) is 0 Å². The number of fused-ring (bicyclic) bond motifs is 7. The van der Waals surface area contributed by atoms with E-state index in [1.165, 1.54) is 30.6 Å². The van der Waals surface area contributed by atoms with Crippen molar-refractivity contribution in [2.75, 3.05) is 0 Å². The Labute approximate surface area is 84.1 Å². The smallest absolute Gasteiger partial charge is 0.123 e.